The Morgan fingerprint density at radius 1 is 1.39 bits per heavy atom. The molecule has 0 bridgehead atoms. The summed E-state index contributed by atoms with van der Waals surface area (Å²) in [7, 11) is 0. The Morgan fingerprint density at radius 3 is 3.00 bits per heavy atom. The molecule has 0 aliphatic carbocycles. The van der Waals surface area contributed by atoms with Crippen LogP contribution in [0.5, 0.6) is 0 Å². The molecule has 0 spiro atoms. The third-order valence-electron chi connectivity index (χ3n) is 4.23. The van der Waals surface area contributed by atoms with Crippen LogP contribution in [0.4, 0.5) is 5.82 Å². The molecule has 1 fully saturated rings. The maximum absolute atomic E-state index is 12.4. The van der Waals surface area contributed by atoms with Crippen LogP contribution in [0.25, 0.3) is 0 Å². The summed E-state index contributed by atoms with van der Waals surface area (Å²) in [6.45, 7) is 6.30. The number of anilines is 1. The van der Waals surface area contributed by atoms with Crippen LogP contribution >= 0.6 is 0 Å². The highest BCUT2D eigenvalue weighted by atomic mass is 16.2. The number of hydrogen-bond acceptors (Lipinski definition) is 4. The van der Waals surface area contributed by atoms with E-state index in [4.69, 9.17) is 0 Å². The zero-order valence-corrected chi connectivity index (χ0v) is 13.7. The second-order valence-electron chi connectivity index (χ2n) is 6.30. The van der Waals surface area contributed by atoms with Crippen LogP contribution in [0.15, 0.2) is 30.7 Å². The number of carbonyl (C=O) groups is 1. The molecule has 3 heterocycles. The molecule has 0 saturated carbocycles. The molecule has 1 amide bonds. The van der Waals surface area contributed by atoms with Crippen molar-refractivity contribution in [2.45, 2.75) is 45.3 Å². The highest BCUT2D eigenvalue weighted by Crippen LogP contribution is 2.19. The van der Waals surface area contributed by atoms with Crippen LogP contribution in [0.3, 0.4) is 0 Å². The molecule has 1 N–H and O–H groups in total. The van der Waals surface area contributed by atoms with E-state index in [2.05, 4.69) is 20.4 Å². The predicted molar refractivity (Wildman–Crippen MR) is 88.1 cm³/mol. The number of carbonyl (C=O) groups excluding carboxylic acids is 1. The smallest absolute Gasteiger partial charge is 0.239 e. The molecule has 23 heavy (non-hydrogen) atoms. The largest absolute Gasteiger partial charge is 0.310 e. The van der Waals surface area contributed by atoms with Crippen molar-refractivity contribution in [3.05, 3.63) is 30.7 Å². The van der Waals surface area contributed by atoms with Crippen LogP contribution in [0, 0.1) is 0 Å². The topological polar surface area (TPSA) is 68.0 Å². The van der Waals surface area contributed by atoms with Crippen molar-refractivity contribution in [2.75, 3.05) is 18.4 Å². The lowest BCUT2D eigenvalue weighted by Gasteiger charge is -2.24. The highest BCUT2D eigenvalue weighted by molar-refractivity contribution is 5.91. The molecule has 7 heteroatoms. The normalized spacial score (nSPS) is 18.7. The summed E-state index contributed by atoms with van der Waals surface area (Å²) >= 11 is 0. The number of nitrogens with one attached hydrogen (secondary N) is 1. The first-order valence-corrected chi connectivity index (χ1v) is 8.18. The summed E-state index contributed by atoms with van der Waals surface area (Å²) in [4.78, 5) is 14.6. The standard InChI is InChI=1S/C16H24N6O/c1-13(2)22-15(6-8-18-22)19-16(23)12-20-9-3-5-14(20)11-21-10-4-7-17-21/h4,6-8,10,13-14H,3,5,9,11-12H2,1-2H3,(H,19,23)/t14-/m0/s1. The number of nitrogens with zero attached hydrogens (tertiary/aromatic N) is 5. The van der Waals surface area contributed by atoms with Gasteiger partial charge in [-0.25, -0.2) is 4.68 Å². The van der Waals surface area contributed by atoms with Crippen molar-refractivity contribution in [1.29, 1.82) is 0 Å². The number of aromatic nitrogens is 4. The van der Waals surface area contributed by atoms with Gasteiger partial charge in [0.05, 0.1) is 19.3 Å². The number of amides is 1. The first kappa shape index (κ1) is 15.7. The number of likely N-dealkylation sites (tertiary alicyclic amines) is 1. The Labute approximate surface area is 136 Å². The van der Waals surface area contributed by atoms with E-state index >= 15 is 0 Å². The van der Waals surface area contributed by atoms with Crippen molar-refractivity contribution in [1.82, 2.24) is 24.5 Å². The lowest BCUT2D eigenvalue weighted by molar-refractivity contribution is -0.117. The van der Waals surface area contributed by atoms with Gasteiger partial charge in [0.15, 0.2) is 0 Å². The van der Waals surface area contributed by atoms with Gasteiger partial charge in [-0.1, -0.05) is 0 Å². The van der Waals surface area contributed by atoms with Gasteiger partial charge in [-0.05, 0) is 39.3 Å². The molecule has 1 aliphatic heterocycles. The van der Waals surface area contributed by atoms with E-state index in [1.807, 2.05) is 41.5 Å². The number of hydrogen-bond donors (Lipinski definition) is 1. The third kappa shape index (κ3) is 3.79. The molecule has 1 saturated heterocycles. The fourth-order valence-electron chi connectivity index (χ4n) is 3.13. The maximum Gasteiger partial charge on any atom is 0.239 e. The maximum atomic E-state index is 12.4. The van der Waals surface area contributed by atoms with Crippen LogP contribution in [-0.4, -0.2) is 49.5 Å². The summed E-state index contributed by atoms with van der Waals surface area (Å²) in [5.74, 6) is 0.771. The second kappa shape index (κ2) is 6.95. The highest BCUT2D eigenvalue weighted by Gasteiger charge is 2.26. The number of rotatable bonds is 6. The van der Waals surface area contributed by atoms with Gasteiger partial charge in [-0.2, -0.15) is 10.2 Å². The fraction of sp³-hybridized carbons (Fsp3) is 0.562. The fourth-order valence-corrected chi connectivity index (χ4v) is 3.13. The molecule has 124 valence electrons. The molecule has 3 rings (SSSR count). The minimum atomic E-state index is 0.0137. The quantitative estimate of drug-likeness (QED) is 0.882. The van der Waals surface area contributed by atoms with Gasteiger partial charge in [-0.3, -0.25) is 14.4 Å². The Hall–Kier alpha value is -2.15. The molecular formula is C16H24N6O. The molecule has 1 aliphatic rings. The van der Waals surface area contributed by atoms with E-state index in [9.17, 15) is 4.79 Å². The molecule has 2 aromatic rings. The summed E-state index contributed by atoms with van der Waals surface area (Å²) < 4.78 is 3.76. The van der Waals surface area contributed by atoms with E-state index < -0.39 is 0 Å². The molecule has 0 unspecified atom stereocenters. The molecule has 0 radical (unpaired) electrons. The molecule has 1 atom stereocenters. The average molecular weight is 316 g/mol. The summed E-state index contributed by atoms with van der Waals surface area (Å²) in [5, 5.41) is 11.5. The minimum Gasteiger partial charge on any atom is -0.310 e. The third-order valence-corrected chi connectivity index (χ3v) is 4.23. The van der Waals surface area contributed by atoms with Crippen LogP contribution in [-0.2, 0) is 11.3 Å². The van der Waals surface area contributed by atoms with Crippen molar-refractivity contribution >= 4 is 11.7 Å². The summed E-state index contributed by atoms with van der Waals surface area (Å²) in [6.07, 6.45) is 7.71. The lowest BCUT2D eigenvalue weighted by Crippen LogP contribution is -2.39. The SMILES string of the molecule is CC(C)n1nccc1NC(=O)CN1CCC[C@H]1Cn1cccn1. The van der Waals surface area contributed by atoms with Crippen molar-refractivity contribution < 1.29 is 4.79 Å². The molecule has 7 nitrogen and oxygen atoms in total. The Balaban J connectivity index is 1.57. The monoisotopic (exact) mass is 316 g/mol. The first-order valence-electron chi connectivity index (χ1n) is 8.18. The Bertz CT molecular complexity index is 633. The Morgan fingerprint density at radius 2 is 2.26 bits per heavy atom. The van der Waals surface area contributed by atoms with Gasteiger partial charge in [0, 0.05) is 30.5 Å². The molecule has 2 aromatic heterocycles. The van der Waals surface area contributed by atoms with E-state index in [1.165, 1.54) is 0 Å². The van der Waals surface area contributed by atoms with E-state index in [-0.39, 0.29) is 11.9 Å². The average Bonchev–Trinajstić information content (AvgIpc) is 3.22. The lowest BCUT2D eigenvalue weighted by atomic mass is 10.2. The van der Waals surface area contributed by atoms with Gasteiger partial charge in [0.1, 0.15) is 5.82 Å². The van der Waals surface area contributed by atoms with Crippen LogP contribution < -0.4 is 5.32 Å². The predicted octanol–water partition coefficient (Wildman–Crippen LogP) is 1.76. The zero-order chi connectivity index (χ0) is 16.2. The van der Waals surface area contributed by atoms with Crippen molar-refractivity contribution in [3.63, 3.8) is 0 Å². The van der Waals surface area contributed by atoms with E-state index in [1.54, 1.807) is 12.4 Å². The van der Waals surface area contributed by atoms with Crippen molar-refractivity contribution in [2.24, 2.45) is 0 Å². The molecular weight excluding hydrogens is 292 g/mol. The van der Waals surface area contributed by atoms with E-state index in [0.29, 0.717) is 12.6 Å². The van der Waals surface area contributed by atoms with Gasteiger partial charge in [0.2, 0.25) is 5.91 Å². The van der Waals surface area contributed by atoms with Crippen LogP contribution in [0.1, 0.15) is 32.7 Å². The minimum absolute atomic E-state index is 0.0137. The second-order valence-corrected chi connectivity index (χ2v) is 6.30. The summed E-state index contributed by atoms with van der Waals surface area (Å²) in [6, 6.07) is 4.36. The van der Waals surface area contributed by atoms with Gasteiger partial charge >= 0.3 is 0 Å². The van der Waals surface area contributed by atoms with Gasteiger partial charge in [0.25, 0.3) is 0 Å². The van der Waals surface area contributed by atoms with Crippen LogP contribution in [0.2, 0.25) is 0 Å². The van der Waals surface area contributed by atoms with E-state index in [0.717, 1.165) is 31.7 Å². The summed E-state index contributed by atoms with van der Waals surface area (Å²) in [5.41, 5.74) is 0. The zero-order valence-electron chi connectivity index (χ0n) is 13.7. The van der Waals surface area contributed by atoms with Crippen molar-refractivity contribution in [3.8, 4) is 0 Å². The van der Waals surface area contributed by atoms with Gasteiger partial charge in [-0.15, -0.1) is 0 Å². The molecule has 0 aromatic carbocycles. The Kier molecular flexibility index (Phi) is 4.76. The first-order chi connectivity index (χ1) is 11.1. The van der Waals surface area contributed by atoms with Gasteiger partial charge < -0.3 is 5.32 Å².